The van der Waals surface area contributed by atoms with E-state index in [9.17, 15) is 9.59 Å². The van der Waals surface area contributed by atoms with Gasteiger partial charge in [-0.15, -0.1) is 6.58 Å². The van der Waals surface area contributed by atoms with Crippen molar-refractivity contribution in [3.8, 4) is 0 Å². The molecule has 1 amide bonds. The molecule has 164 valence electrons. The number of nitrogens with zero attached hydrogens (tertiary/aromatic N) is 2. The average molecular weight is 440 g/mol. The Hall–Kier alpha value is -2.92. The highest BCUT2D eigenvalue weighted by Gasteiger charge is 2.23. The van der Waals surface area contributed by atoms with Crippen LogP contribution >= 0.6 is 11.6 Å². The lowest BCUT2D eigenvalue weighted by atomic mass is 9.94. The van der Waals surface area contributed by atoms with Crippen LogP contribution in [0.15, 0.2) is 66.0 Å². The van der Waals surface area contributed by atoms with Gasteiger partial charge in [0.05, 0.1) is 17.4 Å². The minimum atomic E-state index is -0.108. The highest BCUT2D eigenvalue weighted by atomic mass is 35.5. The molecule has 6 heteroatoms. The molecule has 0 aliphatic rings. The highest BCUT2D eigenvalue weighted by Crippen LogP contribution is 2.25. The van der Waals surface area contributed by atoms with Gasteiger partial charge in [0, 0.05) is 24.4 Å². The molecule has 5 nitrogen and oxygen atoms in total. The number of halogens is 1. The molecular formula is C25H30ClN3O2. The highest BCUT2D eigenvalue weighted by molar-refractivity contribution is 6.31. The van der Waals surface area contributed by atoms with Crippen LogP contribution in [0, 0.1) is 5.92 Å². The lowest BCUT2D eigenvalue weighted by Crippen LogP contribution is -2.34. The Morgan fingerprint density at radius 1 is 1.23 bits per heavy atom. The van der Waals surface area contributed by atoms with Crippen molar-refractivity contribution in [1.82, 2.24) is 14.9 Å². The van der Waals surface area contributed by atoms with E-state index in [0.29, 0.717) is 34.8 Å². The van der Waals surface area contributed by atoms with Gasteiger partial charge in [-0.25, -0.2) is 4.98 Å². The fraction of sp³-hybridized carbons (Fsp3) is 0.320. The summed E-state index contributed by atoms with van der Waals surface area (Å²) in [6, 6.07) is 15.0. The maximum absolute atomic E-state index is 13.3. The minimum Gasteiger partial charge on any atom is -0.356 e. The first-order valence-electron chi connectivity index (χ1n) is 10.3. The summed E-state index contributed by atoms with van der Waals surface area (Å²) in [7, 11) is 0. The molecule has 3 aromatic rings. The maximum Gasteiger partial charge on any atom is 0.261 e. The Balaban J connectivity index is 0.00000107. The molecule has 3 rings (SSSR count). The van der Waals surface area contributed by atoms with E-state index in [4.69, 9.17) is 16.6 Å². The van der Waals surface area contributed by atoms with Gasteiger partial charge in [-0.2, -0.15) is 0 Å². The Labute approximate surface area is 188 Å². The number of rotatable bonds is 6. The van der Waals surface area contributed by atoms with Gasteiger partial charge in [0.25, 0.3) is 5.56 Å². The molecule has 0 fully saturated rings. The first-order valence-corrected chi connectivity index (χ1v) is 10.7. The second-order valence-electron chi connectivity index (χ2n) is 7.70. The van der Waals surface area contributed by atoms with Crippen molar-refractivity contribution in [2.24, 2.45) is 5.92 Å². The molecule has 31 heavy (non-hydrogen) atoms. The van der Waals surface area contributed by atoms with E-state index in [0.717, 1.165) is 5.56 Å². The summed E-state index contributed by atoms with van der Waals surface area (Å²) in [5.41, 5.74) is 1.49. The molecule has 1 atom stereocenters. The van der Waals surface area contributed by atoms with E-state index < -0.39 is 0 Å². The second kappa shape index (κ2) is 11.5. The number of aromatic nitrogens is 2. The topological polar surface area (TPSA) is 64.0 Å². The van der Waals surface area contributed by atoms with Gasteiger partial charge >= 0.3 is 0 Å². The number of allylic oxidation sites excluding steroid dienone is 1. The largest absolute Gasteiger partial charge is 0.356 e. The zero-order valence-corrected chi connectivity index (χ0v) is 19.3. The van der Waals surface area contributed by atoms with Crippen molar-refractivity contribution in [2.75, 3.05) is 6.54 Å². The van der Waals surface area contributed by atoms with Gasteiger partial charge in [0.1, 0.15) is 5.82 Å². The number of fused-ring (bicyclic) bond motifs is 1. The first kappa shape index (κ1) is 24.4. The van der Waals surface area contributed by atoms with E-state index in [2.05, 4.69) is 25.7 Å². The van der Waals surface area contributed by atoms with Gasteiger partial charge in [0.15, 0.2) is 0 Å². The maximum atomic E-state index is 13.3. The van der Waals surface area contributed by atoms with Crippen molar-refractivity contribution in [1.29, 1.82) is 0 Å². The number of carbonyl (C=O) groups excluding carboxylic acids is 1. The molecule has 0 aliphatic heterocycles. The van der Waals surface area contributed by atoms with Crippen LogP contribution in [-0.4, -0.2) is 22.0 Å². The molecule has 2 aromatic carbocycles. The van der Waals surface area contributed by atoms with Crippen LogP contribution in [0.3, 0.4) is 0 Å². The molecule has 1 unspecified atom stereocenters. The van der Waals surface area contributed by atoms with E-state index in [1.165, 1.54) is 6.92 Å². The van der Waals surface area contributed by atoms with Gasteiger partial charge in [-0.3, -0.25) is 14.2 Å². The summed E-state index contributed by atoms with van der Waals surface area (Å²) in [6.07, 6.45) is 1.75. The third-order valence-electron chi connectivity index (χ3n) is 4.84. The monoisotopic (exact) mass is 439 g/mol. The van der Waals surface area contributed by atoms with Gasteiger partial charge in [0.2, 0.25) is 5.91 Å². The lowest BCUT2D eigenvalue weighted by Gasteiger charge is -2.24. The average Bonchev–Trinajstić information content (AvgIpc) is 2.71. The van der Waals surface area contributed by atoms with Crippen molar-refractivity contribution < 1.29 is 4.79 Å². The molecule has 0 aliphatic carbocycles. The van der Waals surface area contributed by atoms with Crippen molar-refractivity contribution >= 4 is 28.4 Å². The van der Waals surface area contributed by atoms with E-state index >= 15 is 0 Å². The number of amides is 1. The third-order valence-corrected chi connectivity index (χ3v) is 5.07. The van der Waals surface area contributed by atoms with Crippen LogP contribution in [0.5, 0.6) is 0 Å². The minimum absolute atomic E-state index is 0.103. The fourth-order valence-electron chi connectivity index (χ4n) is 3.29. The fourth-order valence-corrected chi connectivity index (χ4v) is 3.46. The smallest absolute Gasteiger partial charge is 0.261 e. The van der Waals surface area contributed by atoms with Crippen molar-refractivity contribution in [2.45, 2.75) is 40.2 Å². The van der Waals surface area contributed by atoms with Crippen molar-refractivity contribution in [3.05, 3.63) is 88.0 Å². The predicted molar refractivity (Wildman–Crippen MR) is 129 cm³/mol. The van der Waals surface area contributed by atoms with Crippen LogP contribution < -0.4 is 10.9 Å². The van der Waals surface area contributed by atoms with Gasteiger partial charge in [-0.05, 0) is 36.6 Å². The lowest BCUT2D eigenvalue weighted by molar-refractivity contribution is -0.119. The summed E-state index contributed by atoms with van der Waals surface area (Å²) >= 11 is 6.13. The van der Waals surface area contributed by atoms with Crippen LogP contribution in [0.2, 0.25) is 5.02 Å². The van der Waals surface area contributed by atoms with Gasteiger partial charge < -0.3 is 5.32 Å². The van der Waals surface area contributed by atoms with Crippen molar-refractivity contribution in [3.63, 3.8) is 0 Å². The van der Waals surface area contributed by atoms with E-state index in [1.54, 1.807) is 28.8 Å². The molecule has 0 radical (unpaired) electrons. The van der Waals surface area contributed by atoms with Crippen LogP contribution in [0.4, 0.5) is 0 Å². The quantitative estimate of drug-likeness (QED) is 0.539. The Morgan fingerprint density at radius 2 is 1.87 bits per heavy atom. The number of nitrogens with one attached hydrogen (secondary N) is 1. The first-order chi connectivity index (χ1) is 14.8. The van der Waals surface area contributed by atoms with Crippen LogP contribution in [0.1, 0.15) is 45.0 Å². The summed E-state index contributed by atoms with van der Waals surface area (Å²) in [6.45, 7) is 11.7. The molecule has 0 bridgehead atoms. The van der Waals surface area contributed by atoms with Crippen LogP contribution in [0.25, 0.3) is 10.9 Å². The molecule has 0 spiro atoms. The standard InChI is InChI=1S/C22H24ClN3O2.C3H6/c1-14(2)19(12-24-15(3)27)21-25-20-11-17(23)9-10-18(20)22(28)26(21)13-16-7-5-4-6-8-16;1-3-2/h4-11,14,19H,12-13H2,1-3H3,(H,24,27);3H,1H2,2H3. The van der Waals surface area contributed by atoms with Crippen LogP contribution in [-0.2, 0) is 11.3 Å². The van der Waals surface area contributed by atoms with Gasteiger partial charge in [-0.1, -0.05) is 61.9 Å². The predicted octanol–water partition coefficient (Wildman–Crippen LogP) is 5.17. The normalized spacial score (nSPS) is 11.5. The van der Waals surface area contributed by atoms with E-state index in [1.807, 2.05) is 37.3 Å². The summed E-state index contributed by atoms with van der Waals surface area (Å²) in [4.78, 5) is 29.6. The molecule has 1 aromatic heterocycles. The molecule has 0 saturated heterocycles. The second-order valence-corrected chi connectivity index (χ2v) is 8.14. The number of carbonyl (C=O) groups is 1. The Bertz CT molecular complexity index is 1090. The number of benzene rings is 2. The SMILES string of the molecule is C=CC.CC(=O)NCC(c1nc2cc(Cl)ccc2c(=O)n1Cc1ccccc1)C(C)C. The molecule has 0 saturated carbocycles. The molecular weight excluding hydrogens is 410 g/mol. The number of hydrogen-bond donors (Lipinski definition) is 1. The number of hydrogen-bond acceptors (Lipinski definition) is 3. The zero-order valence-electron chi connectivity index (χ0n) is 18.6. The van der Waals surface area contributed by atoms with E-state index in [-0.39, 0.29) is 23.3 Å². The summed E-state index contributed by atoms with van der Waals surface area (Å²) in [5, 5.41) is 3.94. The third kappa shape index (κ3) is 6.53. The zero-order chi connectivity index (χ0) is 23.0. The summed E-state index contributed by atoms with van der Waals surface area (Å²) < 4.78 is 1.72. The Kier molecular flexibility index (Phi) is 9.01. The molecule has 1 heterocycles. The molecule has 1 N–H and O–H groups in total. The Morgan fingerprint density at radius 3 is 2.45 bits per heavy atom. The summed E-state index contributed by atoms with van der Waals surface area (Å²) in [5.74, 6) is 0.625.